The molecule has 0 spiro atoms. The lowest BCUT2D eigenvalue weighted by Crippen LogP contribution is -2.61. The minimum atomic E-state index is -0.961. The highest BCUT2D eigenvalue weighted by molar-refractivity contribution is 6.64. The topological polar surface area (TPSA) is 49.4 Å². The van der Waals surface area contributed by atoms with Gasteiger partial charge in [0.05, 0.1) is 12.0 Å². The van der Waals surface area contributed by atoms with Crippen LogP contribution in [0.2, 0.25) is 5.02 Å². The zero-order valence-electron chi connectivity index (χ0n) is 13.3. The fourth-order valence-electron chi connectivity index (χ4n) is 3.10. The van der Waals surface area contributed by atoms with E-state index in [1.807, 2.05) is 4.90 Å². The Morgan fingerprint density at radius 2 is 1.80 bits per heavy atom. The van der Waals surface area contributed by atoms with Crippen LogP contribution in [0.4, 0.5) is 0 Å². The lowest BCUT2D eigenvalue weighted by Gasteiger charge is -2.44. The first-order chi connectivity index (χ1) is 11.9. The Kier molecular flexibility index (Phi) is 5.66. The zero-order chi connectivity index (χ0) is 18.0. The number of piperazine rings is 1. The van der Waals surface area contributed by atoms with Crippen LogP contribution in [0.3, 0.4) is 0 Å². The minimum Gasteiger partial charge on any atom is -0.313 e. The molecule has 2 aliphatic rings. The Labute approximate surface area is 161 Å². The predicted molar refractivity (Wildman–Crippen MR) is 100 cm³/mol. The number of rotatable bonds is 4. The molecule has 4 nitrogen and oxygen atoms in total. The molecule has 132 valence electrons. The van der Waals surface area contributed by atoms with Gasteiger partial charge in [-0.15, -0.1) is 0 Å². The summed E-state index contributed by atoms with van der Waals surface area (Å²) in [5.41, 5.74) is 0.584. The molecule has 25 heavy (non-hydrogen) atoms. The lowest BCUT2D eigenvalue weighted by molar-refractivity contribution is -0.112. The molecule has 1 aromatic rings. The van der Waals surface area contributed by atoms with E-state index in [0.29, 0.717) is 23.7 Å². The Balaban J connectivity index is 1.85. The van der Waals surface area contributed by atoms with Gasteiger partial charge in [0, 0.05) is 30.2 Å². The molecule has 0 radical (unpaired) electrons. The molecule has 1 unspecified atom stereocenters. The third-order valence-electron chi connectivity index (χ3n) is 4.45. The van der Waals surface area contributed by atoms with E-state index in [4.69, 9.17) is 34.8 Å². The van der Waals surface area contributed by atoms with E-state index >= 15 is 0 Å². The highest BCUT2D eigenvalue weighted by Crippen LogP contribution is 2.33. The van der Waals surface area contributed by atoms with E-state index in [9.17, 15) is 9.59 Å². The summed E-state index contributed by atoms with van der Waals surface area (Å²) in [6.07, 6.45) is 6.81. The van der Waals surface area contributed by atoms with Crippen molar-refractivity contribution in [1.82, 2.24) is 10.2 Å². The van der Waals surface area contributed by atoms with Crippen LogP contribution in [0.15, 0.2) is 48.6 Å². The number of allylic oxidation sites excluding steroid dienone is 2. The van der Waals surface area contributed by atoms with Crippen LogP contribution in [0.5, 0.6) is 0 Å². The number of alkyl halides is 1. The zero-order valence-corrected chi connectivity index (χ0v) is 15.6. The number of ketones is 1. The van der Waals surface area contributed by atoms with Crippen molar-refractivity contribution in [3.63, 3.8) is 0 Å². The van der Waals surface area contributed by atoms with E-state index in [-0.39, 0.29) is 5.78 Å². The largest absolute Gasteiger partial charge is 0.313 e. The van der Waals surface area contributed by atoms with Crippen LogP contribution >= 0.6 is 34.8 Å². The van der Waals surface area contributed by atoms with E-state index in [1.165, 1.54) is 0 Å². The summed E-state index contributed by atoms with van der Waals surface area (Å²) in [7, 11) is 0. The quantitative estimate of drug-likeness (QED) is 0.278. The summed E-state index contributed by atoms with van der Waals surface area (Å²) in [5, 5.41) is 3.36. The smallest absolute Gasteiger partial charge is 0.232 e. The number of nitrogens with zero attached hydrogens (tertiary/aromatic N) is 1. The van der Waals surface area contributed by atoms with Gasteiger partial charge in [-0.3, -0.25) is 14.5 Å². The van der Waals surface area contributed by atoms with Crippen molar-refractivity contribution in [3.05, 3.63) is 59.2 Å². The molecule has 3 rings (SSSR count). The van der Waals surface area contributed by atoms with Crippen molar-refractivity contribution in [2.45, 2.75) is 11.0 Å². The van der Waals surface area contributed by atoms with Gasteiger partial charge < -0.3 is 5.32 Å². The number of nitrogens with one attached hydrogen (secondary N) is 1. The van der Waals surface area contributed by atoms with Crippen LogP contribution in [0.25, 0.3) is 0 Å². The summed E-state index contributed by atoms with van der Waals surface area (Å²) in [4.78, 5) is 25.2. The number of benzene rings is 1. The van der Waals surface area contributed by atoms with E-state index in [2.05, 4.69) is 5.32 Å². The summed E-state index contributed by atoms with van der Waals surface area (Å²) >= 11 is 18.2. The molecule has 1 heterocycles. The molecule has 1 fully saturated rings. The number of carbonyl (C=O) groups excluding carboxylic acids is 2. The first-order valence-electron chi connectivity index (χ1n) is 7.95. The van der Waals surface area contributed by atoms with Gasteiger partial charge in [-0.1, -0.05) is 35.4 Å². The molecule has 1 atom stereocenters. The van der Waals surface area contributed by atoms with Gasteiger partial charge in [-0.2, -0.15) is 0 Å². The van der Waals surface area contributed by atoms with Gasteiger partial charge in [0.25, 0.3) is 0 Å². The van der Waals surface area contributed by atoms with Gasteiger partial charge >= 0.3 is 0 Å². The van der Waals surface area contributed by atoms with Gasteiger partial charge in [0.15, 0.2) is 5.78 Å². The molecule has 1 aliphatic heterocycles. The summed E-state index contributed by atoms with van der Waals surface area (Å²) < 4.78 is 0. The molecular weight excluding hydrogens is 383 g/mol. The van der Waals surface area contributed by atoms with Crippen molar-refractivity contribution in [1.29, 1.82) is 0 Å². The highest BCUT2D eigenvalue weighted by atomic mass is 35.5. The van der Waals surface area contributed by atoms with Gasteiger partial charge in [-0.05, 0) is 48.0 Å². The maximum Gasteiger partial charge on any atom is 0.232 e. The standard InChI is InChI=1S/C18H17Cl3N2O2/c19-14-3-1-12(2-4-14)16(24)15-11-22-9-10-23(15)18(21)7-5-13(6-8-18)17(20)25/h1-8,13,15,22H,9-11H2. The molecular formula is C18H17Cl3N2O2. The van der Waals surface area contributed by atoms with Crippen molar-refractivity contribution in [3.8, 4) is 0 Å². The predicted octanol–water partition coefficient (Wildman–Crippen LogP) is 3.24. The molecule has 0 amide bonds. The maximum atomic E-state index is 13.0. The second kappa shape index (κ2) is 7.60. The average molecular weight is 400 g/mol. The van der Waals surface area contributed by atoms with Gasteiger partial charge in [0.1, 0.15) is 5.00 Å². The number of hydrogen-bond acceptors (Lipinski definition) is 4. The van der Waals surface area contributed by atoms with Crippen LogP contribution in [-0.2, 0) is 4.79 Å². The van der Waals surface area contributed by atoms with E-state index in [0.717, 1.165) is 6.54 Å². The molecule has 1 aliphatic carbocycles. The van der Waals surface area contributed by atoms with Crippen LogP contribution in [0, 0.1) is 5.92 Å². The molecule has 1 saturated heterocycles. The number of hydrogen-bond donors (Lipinski definition) is 1. The summed E-state index contributed by atoms with van der Waals surface area (Å²) in [5.74, 6) is -0.511. The number of halogens is 3. The molecule has 0 aromatic heterocycles. The SMILES string of the molecule is O=C(Cl)C1C=CC(Cl)(N2CCNCC2C(=O)c2ccc(Cl)cc2)C=C1. The van der Waals surface area contributed by atoms with E-state index < -0.39 is 22.2 Å². The van der Waals surface area contributed by atoms with Crippen LogP contribution in [0.1, 0.15) is 10.4 Å². The minimum absolute atomic E-state index is 0.0266. The first-order valence-corrected chi connectivity index (χ1v) is 9.08. The van der Waals surface area contributed by atoms with Gasteiger partial charge in [-0.25, -0.2) is 0 Å². The second-order valence-electron chi connectivity index (χ2n) is 6.06. The first kappa shape index (κ1) is 18.6. The maximum absolute atomic E-state index is 13.0. The number of carbonyl (C=O) groups is 2. The third kappa shape index (κ3) is 3.99. The molecule has 0 bridgehead atoms. The van der Waals surface area contributed by atoms with Crippen molar-refractivity contribution < 1.29 is 9.59 Å². The Bertz CT molecular complexity index is 716. The second-order valence-corrected chi connectivity index (χ2v) is 7.47. The van der Waals surface area contributed by atoms with E-state index in [1.54, 1.807) is 48.6 Å². The third-order valence-corrected chi connectivity index (χ3v) is 5.42. The van der Waals surface area contributed by atoms with Crippen LogP contribution < -0.4 is 5.32 Å². The lowest BCUT2D eigenvalue weighted by atomic mass is 9.95. The van der Waals surface area contributed by atoms with Crippen molar-refractivity contribution in [2.75, 3.05) is 19.6 Å². The van der Waals surface area contributed by atoms with Gasteiger partial charge in [0.2, 0.25) is 5.24 Å². The highest BCUT2D eigenvalue weighted by Gasteiger charge is 2.41. The van der Waals surface area contributed by atoms with Crippen LogP contribution in [-0.4, -0.2) is 46.6 Å². The number of Topliss-reactive ketones (excluding diaryl/α,β-unsaturated/α-hetero) is 1. The van der Waals surface area contributed by atoms with Crippen molar-refractivity contribution in [2.24, 2.45) is 5.92 Å². The Hall–Kier alpha value is -1.17. The Morgan fingerprint density at radius 1 is 1.16 bits per heavy atom. The normalized spacial score (nSPS) is 29.6. The average Bonchev–Trinajstić information content (AvgIpc) is 2.62. The fourth-order valence-corrected chi connectivity index (χ4v) is 3.71. The molecule has 0 saturated carbocycles. The van der Waals surface area contributed by atoms with Crippen molar-refractivity contribution >= 4 is 45.8 Å². The fraction of sp³-hybridized carbons (Fsp3) is 0.333. The molecule has 1 aromatic carbocycles. The Morgan fingerprint density at radius 3 is 2.40 bits per heavy atom. The molecule has 7 heteroatoms. The summed E-state index contributed by atoms with van der Waals surface area (Å²) in [6.45, 7) is 1.82. The summed E-state index contributed by atoms with van der Waals surface area (Å²) in [6, 6.07) is 6.40. The molecule has 1 N–H and O–H groups in total. The monoisotopic (exact) mass is 398 g/mol.